The third kappa shape index (κ3) is 3.61. The van der Waals surface area contributed by atoms with Crippen LogP contribution in [-0.4, -0.2) is 33.4 Å². The average molecular weight is 318 g/mol. The molecular formula is C12H14N8OS. The number of aromatic nitrogens is 3. The second kappa shape index (κ2) is 6.72. The Morgan fingerprint density at radius 2 is 1.95 bits per heavy atom. The van der Waals surface area contributed by atoms with Gasteiger partial charge >= 0.3 is 0 Å². The molecule has 0 fully saturated rings. The summed E-state index contributed by atoms with van der Waals surface area (Å²) in [6.45, 7) is 0. The Hall–Kier alpha value is -2.88. The highest BCUT2D eigenvalue weighted by Gasteiger charge is 2.11. The normalized spacial score (nSPS) is 11.2. The fourth-order valence-corrected chi connectivity index (χ4v) is 1.96. The molecule has 0 aliphatic carbocycles. The SMILES string of the molecule is CSc1nnc(-c2ccccc2N=C(N)N=C(N)N)c(=O)[nH]1. The summed E-state index contributed by atoms with van der Waals surface area (Å²) in [6.07, 6.45) is 1.79. The van der Waals surface area contributed by atoms with E-state index in [1.807, 2.05) is 0 Å². The van der Waals surface area contributed by atoms with Gasteiger partial charge in [0.15, 0.2) is 16.8 Å². The molecule has 1 heterocycles. The van der Waals surface area contributed by atoms with Crippen LogP contribution in [0.1, 0.15) is 0 Å². The minimum atomic E-state index is -0.373. The number of rotatable bonds is 3. The van der Waals surface area contributed by atoms with Gasteiger partial charge in [-0.15, -0.1) is 10.2 Å². The fraction of sp³-hybridized carbons (Fsp3) is 0.0833. The Kier molecular flexibility index (Phi) is 4.73. The van der Waals surface area contributed by atoms with Gasteiger partial charge in [0.2, 0.25) is 5.96 Å². The summed E-state index contributed by atoms with van der Waals surface area (Å²) in [5.74, 6) is -0.335. The van der Waals surface area contributed by atoms with Crippen molar-refractivity contribution < 1.29 is 0 Å². The zero-order chi connectivity index (χ0) is 16.1. The maximum absolute atomic E-state index is 12.1. The molecular weight excluding hydrogens is 304 g/mol. The third-order valence-electron chi connectivity index (χ3n) is 2.51. The number of H-pyrrole nitrogens is 1. The molecule has 0 unspecified atom stereocenters. The van der Waals surface area contributed by atoms with Gasteiger partial charge < -0.3 is 17.2 Å². The molecule has 0 aliphatic heterocycles. The molecule has 0 spiro atoms. The van der Waals surface area contributed by atoms with Crippen molar-refractivity contribution in [2.45, 2.75) is 5.16 Å². The molecule has 0 saturated carbocycles. The highest BCUT2D eigenvalue weighted by Crippen LogP contribution is 2.26. The van der Waals surface area contributed by atoms with E-state index in [1.54, 1.807) is 30.5 Å². The smallest absolute Gasteiger partial charge is 0.278 e. The average Bonchev–Trinajstić information content (AvgIpc) is 2.47. The number of benzene rings is 1. The van der Waals surface area contributed by atoms with E-state index >= 15 is 0 Å². The molecule has 7 N–H and O–H groups in total. The second-order valence-corrected chi connectivity index (χ2v) is 4.83. The van der Waals surface area contributed by atoms with Crippen LogP contribution in [0.5, 0.6) is 0 Å². The topological polar surface area (TPSA) is 161 Å². The number of guanidine groups is 2. The molecule has 0 aliphatic rings. The lowest BCUT2D eigenvalue weighted by molar-refractivity contribution is 0.826. The van der Waals surface area contributed by atoms with Crippen LogP contribution in [0.15, 0.2) is 44.2 Å². The standard InChI is InChI=1S/C12H14N8OS/c1-22-12-17-9(21)8(19-20-12)6-4-2-3-5-7(6)16-11(15)18-10(13)14/h2-5H,1H3,(H,17,20,21)(H6,13,14,15,16,18). The Morgan fingerprint density at radius 3 is 2.59 bits per heavy atom. The summed E-state index contributed by atoms with van der Waals surface area (Å²) in [6, 6.07) is 6.82. The summed E-state index contributed by atoms with van der Waals surface area (Å²) in [5, 5.41) is 8.28. The number of hydrogen-bond acceptors (Lipinski definition) is 5. The van der Waals surface area contributed by atoms with Gasteiger partial charge in [0.1, 0.15) is 0 Å². The predicted molar refractivity (Wildman–Crippen MR) is 87.0 cm³/mol. The number of aliphatic imine (C=N–C) groups is 2. The van der Waals surface area contributed by atoms with Gasteiger partial charge in [-0.25, -0.2) is 4.99 Å². The lowest BCUT2D eigenvalue weighted by atomic mass is 10.1. The molecule has 9 nitrogen and oxygen atoms in total. The summed E-state index contributed by atoms with van der Waals surface area (Å²) >= 11 is 1.29. The second-order valence-electron chi connectivity index (χ2n) is 4.04. The lowest BCUT2D eigenvalue weighted by Gasteiger charge is -2.04. The van der Waals surface area contributed by atoms with E-state index in [2.05, 4.69) is 25.2 Å². The van der Waals surface area contributed by atoms with E-state index in [-0.39, 0.29) is 23.2 Å². The number of nitrogens with zero attached hydrogens (tertiary/aromatic N) is 4. The number of nitrogens with two attached hydrogens (primary N) is 3. The maximum atomic E-state index is 12.1. The monoisotopic (exact) mass is 318 g/mol. The summed E-state index contributed by atoms with van der Waals surface area (Å²) in [5.41, 5.74) is 16.7. The van der Waals surface area contributed by atoms with Crippen molar-refractivity contribution in [3.8, 4) is 11.3 Å². The van der Waals surface area contributed by atoms with E-state index in [0.717, 1.165) is 0 Å². The molecule has 2 rings (SSSR count). The highest BCUT2D eigenvalue weighted by atomic mass is 32.2. The summed E-state index contributed by atoms with van der Waals surface area (Å²) in [4.78, 5) is 22.4. The van der Waals surface area contributed by atoms with Crippen LogP contribution < -0.4 is 22.8 Å². The van der Waals surface area contributed by atoms with Crippen LogP contribution in [0.3, 0.4) is 0 Å². The number of thioether (sulfide) groups is 1. The van der Waals surface area contributed by atoms with Gasteiger partial charge in [-0.2, -0.15) is 4.99 Å². The van der Waals surface area contributed by atoms with Crippen LogP contribution >= 0.6 is 11.8 Å². The minimum Gasteiger partial charge on any atom is -0.370 e. The van der Waals surface area contributed by atoms with Gasteiger partial charge in [-0.1, -0.05) is 30.0 Å². The van der Waals surface area contributed by atoms with E-state index in [4.69, 9.17) is 17.2 Å². The maximum Gasteiger partial charge on any atom is 0.278 e. The van der Waals surface area contributed by atoms with Crippen LogP contribution in [0.2, 0.25) is 0 Å². The summed E-state index contributed by atoms with van der Waals surface area (Å²) < 4.78 is 0. The fourth-order valence-electron chi connectivity index (χ4n) is 1.64. The molecule has 10 heteroatoms. The van der Waals surface area contributed by atoms with Crippen molar-refractivity contribution in [3.63, 3.8) is 0 Å². The van der Waals surface area contributed by atoms with Crippen molar-refractivity contribution in [1.82, 2.24) is 15.2 Å². The largest absolute Gasteiger partial charge is 0.370 e. The van der Waals surface area contributed by atoms with Crippen molar-refractivity contribution in [3.05, 3.63) is 34.6 Å². The zero-order valence-electron chi connectivity index (χ0n) is 11.6. The first-order valence-corrected chi connectivity index (χ1v) is 7.28. The first-order valence-electron chi connectivity index (χ1n) is 6.05. The molecule has 22 heavy (non-hydrogen) atoms. The minimum absolute atomic E-state index is 0.127. The van der Waals surface area contributed by atoms with Crippen molar-refractivity contribution in [1.29, 1.82) is 0 Å². The highest BCUT2D eigenvalue weighted by molar-refractivity contribution is 7.98. The van der Waals surface area contributed by atoms with E-state index in [0.29, 0.717) is 16.4 Å². The van der Waals surface area contributed by atoms with Crippen molar-refractivity contribution in [2.24, 2.45) is 27.2 Å². The molecule has 0 radical (unpaired) electrons. The molecule has 0 saturated heterocycles. The van der Waals surface area contributed by atoms with Gasteiger partial charge in [-0.05, 0) is 12.3 Å². The molecule has 0 bridgehead atoms. The first kappa shape index (κ1) is 15.5. The van der Waals surface area contributed by atoms with Gasteiger partial charge in [-0.3, -0.25) is 9.78 Å². The number of nitrogens with one attached hydrogen (secondary N) is 1. The lowest BCUT2D eigenvalue weighted by Crippen LogP contribution is -2.26. The molecule has 1 aromatic carbocycles. The zero-order valence-corrected chi connectivity index (χ0v) is 12.5. The predicted octanol–water partition coefficient (Wildman–Crippen LogP) is -0.227. The number of hydrogen-bond donors (Lipinski definition) is 4. The number of aromatic amines is 1. The molecule has 114 valence electrons. The molecule has 1 aromatic heterocycles. The van der Waals surface area contributed by atoms with Crippen LogP contribution in [-0.2, 0) is 0 Å². The van der Waals surface area contributed by atoms with Crippen LogP contribution in [0, 0.1) is 0 Å². The van der Waals surface area contributed by atoms with E-state index < -0.39 is 0 Å². The molecule has 2 aromatic rings. The van der Waals surface area contributed by atoms with Crippen LogP contribution in [0.25, 0.3) is 11.3 Å². The van der Waals surface area contributed by atoms with E-state index in [9.17, 15) is 4.79 Å². The molecule has 0 amide bonds. The Balaban J connectivity index is 2.54. The Labute approximate surface area is 129 Å². The van der Waals surface area contributed by atoms with Gasteiger partial charge in [0, 0.05) is 5.56 Å². The Morgan fingerprint density at radius 1 is 1.23 bits per heavy atom. The third-order valence-corrected chi connectivity index (χ3v) is 3.08. The van der Waals surface area contributed by atoms with E-state index in [1.165, 1.54) is 11.8 Å². The van der Waals surface area contributed by atoms with Crippen molar-refractivity contribution >= 4 is 29.4 Å². The first-order chi connectivity index (χ1) is 10.5. The quantitative estimate of drug-likeness (QED) is 0.345. The van der Waals surface area contributed by atoms with Crippen LogP contribution in [0.4, 0.5) is 5.69 Å². The van der Waals surface area contributed by atoms with Crippen molar-refractivity contribution in [2.75, 3.05) is 6.26 Å². The molecule has 0 atom stereocenters. The number of para-hydroxylation sites is 1. The summed E-state index contributed by atoms with van der Waals surface area (Å²) in [7, 11) is 0. The van der Waals surface area contributed by atoms with Gasteiger partial charge in [0.25, 0.3) is 5.56 Å². The Bertz CT molecular complexity index is 794. The van der Waals surface area contributed by atoms with Gasteiger partial charge in [0.05, 0.1) is 5.69 Å².